The number of carbonyl (C=O) groups is 1. The van der Waals surface area contributed by atoms with E-state index in [0.717, 1.165) is 0 Å². The molecule has 0 spiro atoms. The van der Waals surface area contributed by atoms with Crippen LogP contribution in [0.15, 0.2) is 24.3 Å². The largest absolute Gasteiger partial charge is 0.469 e. The van der Waals surface area contributed by atoms with E-state index in [1.165, 1.54) is 19.2 Å². The van der Waals surface area contributed by atoms with Gasteiger partial charge in [0.05, 0.1) is 29.8 Å². The topological polar surface area (TPSA) is 39.2 Å². The van der Waals surface area contributed by atoms with E-state index in [4.69, 9.17) is 11.6 Å². The molecule has 0 bridgehead atoms. The molecule has 3 nitrogen and oxygen atoms in total. The molecule has 0 N–H and O–H groups in total. The number of nitrogens with zero attached hydrogens (tertiary/aromatic N) is 1. The molecule has 2 rings (SSSR count). The average Bonchev–Trinajstić information content (AvgIpc) is 2.31. The molecule has 0 amide bonds. The van der Waals surface area contributed by atoms with Crippen LogP contribution < -0.4 is 0 Å². The number of pyridine rings is 1. The summed E-state index contributed by atoms with van der Waals surface area (Å²) in [6.45, 7) is 0. The fourth-order valence-corrected chi connectivity index (χ4v) is 1.64. The summed E-state index contributed by atoms with van der Waals surface area (Å²) in [6, 6.07) is 6.10. The highest BCUT2D eigenvalue weighted by molar-refractivity contribution is 6.31. The highest BCUT2D eigenvalue weighted by Gasteiger charge is 2.07. The average molecular weight is 254 g/mol. The first-order valence-electron chi connectivity index (χ1n) is 4.91. The summed E-state index contributed by atoms with van der Waals surface area (Å²) in [5, 5.41) is 0.653. The third-order valence-corrected chi connectivity index (χ3v) is 2.63. The zero-order valence-electron chi connectivity index (χ0n) is 9.04. The van der Waals surface area contributed by atoms with Gasteiger partial charge >= 0.3 is 5.97 Å². The Hall–Kier alpha value is -1.68. The molecule has 5 heteroatoms. The Morgan fingerprint density at radius 3 is 2.94 bits per heavy atom. The summed E-state index contributed by atoms with van der Waals surface area (Å²) in [5.74, 6) is -0.855. The quantitative estimate of drug-likeness (QED) is 0.773. The van der Waals surface area contributed by atoms with Crippen LogP contribution in [0.2, 0.25) is 5.02 Å². The van der Waals surface area contributed by atoms with Crippen LogP contribution in [0.1, 0.15) is 5.69 Å². The lowest BCUT2D eigenvalue weighted by atomic mass is 10.2. The van der Waals surface area contributed by atoms with Crippen LogP contribution in [0.4, 0.5) is 4.39 Å². The summed E-state index contributed by atoms with van der Waals surface area (Å²) < 4.78 is 17.7. The van der Waals surface area contributed by atoms with E-state index in [-0.39, 0.29) is 17.4 Å². The van der Waals surface area contributed by atoms with Crippen LogP contribution in [0.5, 0.6) is 0 Å². The highest BCUT2D eigenvalue weighted by Crippen LogP contribution is 2.21. The second-order valence-electron chi connectivity index (χ2n) is 3.51. The minimum atomic E-state index is -0.485. The van der Waals surface area contributed by atoms with Crippen molar-refractivity contribution in [2.24, 2.45) is 0 Å². The molecule has 0 aliphatic carbocycles. The number of ether oxygens (including phenoxy) is 1. The van der Waals surface area contributed by atoms with E-state index >= 15 is 0 Å². The summed E-state index contributed by atoms with van der Waals surface area (Å²) in [6.07, 6.45) is 0.0848. The molecule has 1 aromatic carbocycles. The van der Waals surface area contributed by atoms with Gasteiger partial charge in [-0.05, 0) is 18.2 Å². The number of fused-ring (bicyclic) bond motifs is 1. The summed E-state index contributed by atoms with van der Waals surface area (Å²) in [7, 11) is 1.32. The van der Waals surface area contributed by atoms with Crippen LogP contribution in [0.25, 0.3) is 10.9 Å². The monoisotopic (exact) mass is 253 g/mol. The predicted molar refractivity (Wildman–Crippen MR) is 62.4 cm³/mol. The molecule has 2 aromatic rings. The van der Waals surface area contributed by atoms with Gasteiger partial charge in [0.25, 0.3) is 0 Å². The van der Waals surface area contributed by atoms with Crippen molar-refractivity contribution in [2.75, 3.05) is 7.11 Å². The van der Waals surface area contributed by atoms with Crippen LogP contribution in [-0.2, 0) is 16.0 Å². The number of rotatable bonds is 2. The van der Waals surface area contributed by atoms with E-state index in [2.05, 4.69) is 9.72 Å². The molecule has 0 saturated heterocycles. The van der Waals surface area contributed by atoms with Gasteiger partial charge in [0, 0.05) is 5.39 Å². The molecule has 0 atom stereocenters. The van der Waals surface area contributed by atoms with Gasteiger partial charge in [-0.15, -0.1) is 0 Å². The van der Waals surface area contributed by atoms with Gasteiger partial charge in [0.15, 0.2) is 0 Å². The SMILES string of the molecule is COC(=O)Cc1ccc2cc(F)c(Cl)cc2n1. The molecular formula is C12H9ClFNO2. The number of esters is 1. The first kappa shape index (κ1) is 11.8. The van der Waals surface area contributed by atoms with Gasteiger partial charge in [-0.2, -0.15) is 0 Å². The van der Waals surface area contributed by atoms with E-state index in [0.29, 0.717) is 16.6 Å². The lowest BCUT2D eigenvalue weighted by Crippen LogP contribution is -2.05. The minimum Gasteiger partial charge on any atom is -0.469 e. The molecule has 0 fully saturated rings. The fourth-order valence-electron chi connectivity index (χ4n) is 1.48. The van der Waals surface area contributed by atoms with Gasteiger partial charge in [0.2, 0.25) is 0 Å². The zero-order valence-corrected chi connectivity index (χ0v) is 9.79. The van der Waals surface area contributed by atoms with Crippen molar-refractivity contribution in [3.05, 3.63) is 40.8 Å². The van der Waals surface area contributed by atoms with Crippen molar-refractivity contribution in [1.82, 2.24) is 4.98 Å². The second kappa shape index (κ2) is 4.67. The molecule has 0 unspecified atom stereocenters. The van der Waals surface area contributed by atoms with Crippen molar-refractivity contribution in [2.45, 2.75) is 6.42 Å². The number of methoxy groups -OCH3 is 1. The lowest BCUT2D eigenvalue weighted by Gasteiger charge is -2.03. The summed E-state index contributed by atoms with van der Waals surface area (Å²) >= 11 is 5.67. The van der Waals surface area contributed by atoms with Crippen molar-refractivity contribution in [3.63, 3.8) is 0 Å². The zero-order chi connectivity index (χ0) is 12.4. The standard InChI is InChI=1S/C12H9ClFNO2/c1-17-12(16)5-8-3-2-7-4-10(14)9(13)6-11(7)15-8/h2-4,6H,5H2,1H3. The highest BCUT2D eigenvalue weighted by atomic mass is 35.5. The Balaban J connectivity index is 2.43. The predicted octanol–water partition coefficient (Wildman–Crippen LogP) is 2.74. The molecule has 0 aliphatic heterocycles. The number of carbonyl (C=O) groups excluding carboxylic acids is 1. The molecule has 0 radical (unpaired) electrons. The van der Waals surface area contributed by atoms with E-state index in [9.17, 15) is 9.18 Å². The van der Waals surface area contributed by atoms with E-state index < -0.39 is 5.82 Å². The van der Waals surface area contributed by atoms with Gasteiger partial charge < -0.3 is 4.74 Å². The molecular weight excluding hydrogens is 245 g/mol. The van der Waals surface area contributed by atoms with E-state index in [1.807, 2.05) is 0 Å². The van der Waals surface area contributed by atoms with E-state index in [1.54, 1.807) is 12.1 Å². The van der Waals surface area contributed by atoms with Crippen LogP contribution >= 0.6 is 11.6 Å². The van der Waals surface area contributed by atoms with Crippen LogP contribution in [-0.4, -0.2) is 18.1 Å². The van der Waals surface area contributed by atoms with Crippen LogP contribution in [0, 0.1) is 5.82 Å². The Kier molecular flexibility index (Phi) is 3.24. The molecule has 1 aromatic heterocycles. The lowest BCUT2D eigenvalue weighted by molar-refractivity contribution is -0.139. The number of hydrogen-bond acceptors (Lipinski definition) is 3. The Morgan fingerprint density at radius 1 is 1.47 bits per heavy atom. The maximum Gasteiger partial charge on any atom is 0.311 e. The van der Waals surface area contributed by atoms with Crippen molar-refractivity contribution in [1.29, 1.82) is 0 Å². The van der Waals surface area contributed by atoms with Crippen molar-refractivity contribution >= 4 is 28.5 Å². The molecule has 88 valence electrons. The minimum absolute atomic E-state index is 0.0141. The van der Waals surface area contributed by atoms with Gasteiger partial charge in [0.1, 0.15) is 5.82 Å². The summed E-state index contributed by atoms with van der Waals surface area (Å²) in [4.78, 5) is 15.3. The fraction of sp³-hybridized carbons (Fsp3) is 0.167. The molecule has 0 aliphatic rings. The third-order valence-electron chi connectivity index (χ3n) is 2.34. The maximum atomic E-state index is 13.2. The van der Waals surface area contributed by atoms with Gasteiger partial charge in [-0.1, -0.05) is 17.7 Å². The molecule has 0 saturated carbocycles. The number of halogens is 2. The Labute approximate surface area is 102 Å². The number of hydrogen-bond donors (Lipinski definition) is 0. The van der Waals surface area contributed by atoms with Crippen molar-refractivity contribution < 1.29 is 13.9 Å². The Morgan fingerprint density at radius 2 is 2.24 bits per heavy atom. The third kappa shape index (κ3) is 2.53. The first-order valence-corrected chi connectivity index (χ1v) is 5.29. The van der Waals surface area contributed by atoms with Crippen molar-refractivity contribution in [3.8, 4) is 0 Å². The second-order valence-corrected chi connectivity index (χ2v) is 3.92. The van der Waals surface area contributed by atoms with Gasteiger partial charge in [-0.25, -0.2) is 4.39 Å². The number of benzene rings is 1. The molecule has 17 heavy (non-hydrogen) atoms. The van der Waals surface area contributed by atoms with Gasteiger partial charge in [-0.3, -0.25) is 9.78 Å². The smallest absolute Gasteiger partial charge is 0.311 e. The van der Waals surface area contributed by atoms with Crippen LogP contribution in [0.3, 0.4) is 0 Å². The maximum absolute atomic E-state index is 13.2. The normalized spacial score (nSPS) is 10.5. The number of aromatic nitrogens is 1. The summed E-state index contributed by atoms with van der Waals surface area (Å²) in [5.41, 5.74) is 1.12. The molecule has 1 heterocycles. The first-order chi connectivity index (χ1) is 8.10. The Bertz CT molecular complexity index is 586.